The molecule has 1 aliphatic heterocycles. The van der Waals surface area contributed by atoms with Gasteiger partial charge in [0.25, 0.3) is 0 Å². The second-order valence-electron chi connectivity index (χ2n) is 7.35. The summed E-state index contributed by atoms with van der Waals surface area (Å²) in [6.07, 6.45) is 6.90. The highest BCUT2D eigenvalue weighted by molar-refractivity contribution is 5.86. The van der Waals surface area contributed by atoms with Crippen LogP contribution in [0, 0.1) is 6.92 Å². The van der Waals surface area contributed by atoms with E-state index < -0.39 is 0 Å². The number of piperidine rings is 1. The maximum absolute atomic E-state index is 4.35. The summed E-state index contributed by atoms with van der Waals surface area (Å²) < 4.78 is 0. The second-order valence-corrected chi connectivity index (χ2v) is 7.35. The van der Waals surface area contributed by atoms with Gasteiger partial charge in [-0.1, -0.05) is 25.1 Å². The van der Waals surface area contributed by atoms with E-state index in [-0.39, 0.29) is 0 Å². The van der Waals surface area contributed by atoms with E-state index in [1.54, 1.807) is 0 Å². The van der Waals surface area contributed by atoms with Gasteiger partial charge in [0.15, 0.2) is 0 Å². The molecule has 1 aliphatic rings. The third kappa shape index (κ3) is 3.36. The Hall–Kier alpha value is -2.07. The summed E-state index contributed by atoms with van der Waals surface area (Å²) in [7, 11) is 0. The van der Waals surface area contributed by atoms with Crippen LogP contribution in [-0.4, -0.2) is 39.7 Å². The summed E-state index contributed by atoms with van der Waals surface area (Å²) in [5, 5.41) is 8.82. The Kier molecular flexibility index (Phi) is 4.62. The Morgan fingerprint density at radius 1 is 1.24 bits per heavy atom. The Balaban J connectivity index is 1.39. The molecule has 1 fully saturated rings. The van der Waals surface area contributed by atoms with Crippen LogP contribution in [0.4, 0.5) is 0 Å². The van der Waals surface area contributed by atoms with Crippen molar-refractivity contribution in [2.24, 2.45) is 0 Å². The molecule has 0 spiro atoms. The summed E-state index contributed by atoms with van der Waals surface area (Å²) in [5.41, 5.74) is 6.63. The van der Waals surface area contributed by atoms with Gasteiger partial charge in [0.1, 0.15) is 0 Å². The first-order valence-electron chi connectivity index (χ1n) is 9.56. The van der Waals surface area contributed by atoms with E-state index in [1.807, 2.05) is 0 Å². The number of hydrogen-bond acceptors (Lipinski definition) is 2. The van der Waals surface area contributed by atoms with Crippen LogP contribution in [0.1, 0.15) is 48.2 Å². The van der Waals surface area contributed by atoms with Gasteiger partial charge in [0.2, 0.25) is 0 Å². The van der Waals surface area contributed by atoms with Crippen LogP contribution in [0.5, 0.6) is 0 Å². The monoisotopic (exact) mass is 336 g/mol. The van der Waals surface area contributed by atoms with Gasteiger partial charge in [-0.15, -0.1) is 0 Å². The van der Waals surface area contributed by atoms with E-state index in [2.05, 4.69) is 64.4 Å². The molecule has 1 saturated heterocycles. The normalized spacial score (nSPS) is 16.7. The van der Waals surface area contributed by atoms with E-state index in [0.717, 1.165) is 25.1 Å². The molecule has 0 bridgehead atoms. The number of H-pyrrole nitrogens is 2. The molecule has 2 N–H and O–H groups in total. The number of rotatable bonds is 5. The summed E-state index contributed by atoms with van der Waals surface area (Å²) in [5.74, 6) is 0.685. The third-order valence-electron chi connectivity index (χ3n) is 5.69. The van der Waals surface area contributed by atoms with Crippen LogP contribution in [0.2, 0.25) is 0 Å². The first-order chi connectivity index (χ1) is 12.2. The minimum absolute atomic E-state index is 0.685. The Labute approximate surface area is 149 Å². The van der Waals surface area contributed by atoms with Gasteiger partial charge < -0.3 is 9.88 Å². The van der Waals surface area contributed by atoms with Crippen LogP contribution in [0.15, 0.2) is 30.5 Å². The van der Waals surface area contributed by atoms with Gasteiger partial charge in [-0.2, -0.15) is 5.10 Å². The van der Waals surface area contributed by atoms with Crippen molar-refractivity contribution in [3.63, 3.8) is 0 Å². The van der Waals surface area contributed by atoms with Crippen molar-refractivity contribution < 1.29 is 0 Å². The predicted molar refractivity (Wildman–Crippen MR) is 103 cm³/mol. The van der Waals surface area contributed by atoms with Crippen molar-refractivity contribution in [1.82, 2.24) is 20.1 Å². The maximum Gasteiger partial charge on any atom is 0.0637 e. The number of aromatic amines is 2. The van der Waals surface area contributed by atoms with Crippen molar-refractivity contribution in [2.75, 3.05) is 19.6 Å². The molecule has 4 heteroatoms. The average Bonchev–Trinajstić information content (AvgIpc) is 3.26. The zero-order valence-electron chi connectivity index (χ0n) is 15.3. The molecule has 0 atom stereocenters. The topological polar surface area (TPSA) is 47.7 Å². The molecular formula is C21H28N4. The minimum atomic E-state index is 0.685. The molecule has 0 radical (unpaired) electrons. The van der Waals surface area contributed by atoms with Gasteiger partial charge in [-0.05, 0) is 62.4 Å². The molecule has 25 heavy (non-hydrogen) atoms. The first-order valence-corrected chi connectivity index (χ1v) is 9.56. The largest absolute Gasteiger partial charge is 0.361 e. The standard InChI is InChI=1S/C21H28N4/c1-3-16-5-4-6-19-20(14-22-21(16)19)17-7-10-25(11-8-17)12-9-18-13-15(2)23-24-18/h4-6,13-14,17,22H,3,7-12H2,1-2H3,(H,23,24). The molecule has 3 aromatic rings. The zero-order chi connectivity index (χ0) is 17.2. The molecule has 0 saturated carbocycles. The number of hydrogen-bond donors (Lipinski definition) is 2. The molecule has 0 aliphatic carbocycles. The lowest BCUT2D eigenvalue weighted by Gasteiger charge is -2.31. The van der Waals surface area contributed by atoms with Crippen LogP contribution >= 0.6 is 0 Å². The lowest BCUT2D eigenvalue weighted by atomic mass is 9.88. The van der Waals surface area contributed by atoms with E-state index in [9.17, 15) is 0 Å². The smallest absolute Gasteiger partial charge is 0.0637 e. The van der Waals surface area contributed by atoms with Crippen LogP contribution in [-0.2, 0) is 12.8 Å². The van der Waals surface area contributed by atoms with Crippen LogP contribution < -0.4 is 0 Å². The molecular weight excluding hydrogens is 308 g/mol. The van der Waals surface area contributed by atoms with Crippen molar-refractivity contribution in [3.8, 4) is 0 Å². The molecule has 4 rings (SSSR count). The van der Waals surface area contributed by atoms with Gasteiger partial charge in [0, 0.05) is 35.8 Å². The lowest BCUT2D eigenvalue weighted by Crippen LogP contribution is -2.34. The van der Waals surface area contributed by atoms with Crippen molar-refractivity contribution in [2.45, 2.75) is 45.4 Å². The van der Waals surface area contributed by atoms with Crippen molar-refractivity contribution in [3.05, 3.63) is 53.0 Å². The number of likely N-dealkylation sites (tertiary alicyclic amines) is 1. The van der Waals surface area contributed by atoms with Crippen LogP contribution in [0.25, 0.3) is 10.9 Å². The molecule has 1 aromatic carbocycles. The van der Waals surface area contributed by atoms with Gasteiger partial charge in [-0.3, -0.25) is 5.10 Å². The SMILES string of the molecule is CCc1cccc2c(C3CCN(CCc4cc(C)[nH]n4)CC3)c[nH]c12. The Morgan fingerprint density at radius 3 is 2.80 bits per heavy atom. The lowest BCUT2D eigenvalue weighted by molar-refractivity contribution is 0.214. The maximum atomic E-state index is 4.35. The number of nitrogens with zero attached hydrogens (tertiary/aromatic N) is 2. The highest BCUT2D eigenvalue weighted by atomic mass is 15.1. The quantitative estimate of drug-likeness (QED) is 0.734. The van der Waals surface area contributed by atoms with Gasteiger partial charge >= 0.3 is 0 Å². The predicted octanol–water partition coefficient (Wildman–Crippen LogP) is 4.18. The van der Waals surface area contributed by atoms with Crippen molar-refractivity contribution in [1.29, 1.82) is 0 Å². The fourth-order valence-electron chi connectivity index (χ4n) is 4.21. The van der Waals surface area contributed by atoms with E-state index >= 15 is 0 Å². The summed E-state index contributed by atoms with van der Waals surface area (Å²) >= 11 is 0. The third-order valence-corrected chi connectivity index (χ3v) is 5.69. The molecule has 132 valence electrons. The van der Waals surface area contributed by atoms with Crippen molar-refractivity contribution >= 4 is 10.9 Å². The summed E-state index contributed by atoms with van der Waals surface area (Å²) in [4.78, 5) is 6.13. The molecule has 0 unspecified atom stereocenters. The van der Waals surface area contributed by atoms with Crippen LogP contribution in [0.3, 0.4) is 0 Å². The number of para-hydroxylation sites is 1. The number of aryl methyl sites for hydroxylation is 2. The zero-order valence-corrected chi connectivity index (χ0v) is 15.3. The number of aromatic nitrogens is 3. The highest BCUT2D eigenvalue weighted by Gasteiger charge is 2.23. The number of fused-ring (bicyclic) bond motifs is 1. The summed E-state index contributed by atoms with van der Waals surface area (Å²) in [6.45, 7) is 7.79. The second kappa shape index (κ2) is 7.04. The molecule has 2 aromatic heterocycles. The Morgan fingerprint density at radius 2 is 2.08 bits per heavy atom. The molecule has 3 heterocycles. The van der Waals surface area contributed by atoms with E-state index in [1.165, 1.54) is 53.7 Å². The number of nitrogens with one attached hydrogen (secondary N) is 2. The molecule has 0 amide bonds. The van der Waals surface area contributed by atoms with E-state index in [4.69, 9.17) is 0 Å². The Bertz CT molecular complexity index is 837. The average molecular weight is 336 g/mol. The first kappa shape index (κ1) is 16.4. The van der Waals surface area contributed by atoms with Gasteiger partial charge in [0.05, 0.1) is 5.69 Å². The molecule has 4 nitrogen and oxygen atoms in total. The number of benzene rings is 1. The highest BCUT2D eigenvalue weighted by Crippen LogP contribution is 2.34. The fraction of sp³-hybridized carbons (Fsp3) is 0.476. The summed E-state index contributed by atoms with van der Waals surface area (Å²) in [6, 6.07) is 8.89. The fourth-order valence-corrected chi connectivity index (χ4v) is 4.21. The van der Waals surface area contributed by atoms with Gasteiger partial charge in [-0.25, -0.2) is 0 Å². The van der Waals surface area contributed by atoms with E-state index in [0.29, 0.717) is 5.92 Å². The minimum Gasteiger partial charge on any atom is -0.361 e.